The molecule has 1 aromatic heterocycles. The van der Waals surface area contributed by atoms with Gasteiger partial charge >= 0.3 is 0 Å². The van der Waals surface area contributed by atoms with Crippen molar-refractivity contribution in [2.45, 2.75) is 26.1 Å². The van der Waals surface area contributed by atoms with Gasteiger partial charge in [-0.15, -0.1) is 0 Å². The molecule has 0 unspecified atom stereocenters. The molecule has 1 aliphatic rings. The van der Waals surface area contributed by atoms with E-state index in [1.165, 1.54) is 6.07 Å². The zero-order valence-corrected chi connectivity index (χ0v) is 20.0. The fourth-order valence-electron chi connectivity index (χ4n) is 4.85. The molecule has 0 N–H and O–H groups in total. The maximum atomic E-state index is 15.1. The number of aromatic nitrogens is 1. The molecule has 0 bridgehead atoms. The van der Waals surface area contributed by atoms with Crippen molar-refractivity contribution in [3.05, 3.63) is 78.2 Å². The van der Waals surface area contributed by atoms with Gasteiger partial charge in [0, 0.05) is 36.1 Å². The Kier molecular flexibility index (Phi) is 6.10. The smallest absolute Gasteiger partial charge is 0.140 e. The van der Waals surface area contributed by atoms with Crippen LogP contribution in [0, 0.1) is 17.1 Å². The Morgan fingerprint density at radius 2 is 1.57 bits per heavy atom. The Bertz CT molecular complexity index is 1400. The van der Waals surface area contributed by atoms with Crippen molar-refractivity contribution in [2.24, 2.45) is 0 Å². The molecular formula is C29H26FN3O2. The molecule has 6 heteroatoms. The van der Waals surface area contributed by atoms with Crippen molar-refractivity contribution >= 4 is 16.6 Å². The van der Waals surface area contributed by atoms with Crippen molar-refractivity contribution in [3.63, 3.8) is 0 Å². The summed E-state index contributed by atoms with van der Waals surface area (Å²) in [5, 5.41) is 9.43. The Hall–Kier alpha value is -3.95. The third kappa shape index (κ3) is 4.31. The van der Waals surface area contributed by atoms with Crippen molar-refractivity contribution < 1.29 is 13.9 Å². The minimum atomic E-state index is -0.392. The summed E-state index contributed by atoms with van der Waals surface area (Å²) in [6.07, 6.45) is 2.09. The number of anilines is 1. The van der Waals surface area contributed by atoms with E-state index in [0.717, 1.165) is 41.0 Å². The van der Waals surface area contributed by atoms with Crippen LogP contribution in [-0.4, -0.2) is 37.4 Å². The highest BCUT2D eigenvalue weighted by Gasteiger charge is 2.23. The Morgan fingerprint density at radius 1 is 0.943 bits per heavy atom. The van der Waals surface area contributed by atoms with E-state index in [0.29, 0.717) is 22.2 Å². The number of nitriles is 1. The summed E-state index contributed by atoms with van der Waals surface area (Å²) < 4.78 is 26.7. The molecule has 2 heterocycles. The number of hydrogen-bond acceptors (Lipinski definition) is 5. The van der Waals surface area contributed by atoms with Gasteiger partial charge in [-0.05, 0) is 61.4 Å². The van der Waals surface area contributed by atoms with Gasteiger partial charge in [-0.1, -0.05) is 24.3 Å². The number of rotatable bonds is 4. The van der Waals surface area contributed by atoms with Crippen LogP contribution in [0.5, 0.6) is 5.75 Å². The number of fused-ring (bicyclic) bond motifs is 1. The van der Waals surface area contributed by atoms with E-state index in [1.807, 2.05) is 24.3 Å². The van der Waals surface area contributed by atoms with Gasteiger partial charge in [-0.2, -0.15) is 5.26 Å². The average Bonchev–Trinajstić information content (AvgIpc) is 2.88. The third-order valence-corrected chi connectivity index (χ3v) is 6.41. The molecule has 4 aromatic rings. The van der Waals surface area contributed by atoms with Gasteiger partial charge in [0.2, 0.25) is 0 Å². The zero-order valence-electron chi connectivity index (χ0n) is 20.0. The summed E-state index contributed by atoms with van der Waals surface area (Å²) in [7, 11) is 1.55. The molecule has 176 valence electrons. The van der Waals surface area contributed by atoms with Gasteiger partial charge in [0.25, 0.3) is 0 Å². The normalized spacial score (nSPS) is 17.9. The molecule has 5 nitrogen and oxygen atoms in total. The number of pyridine rings is 1. The molecule has 0 saturated carbocycles. The molecule has 0 spiro atoms. The van der Waals surface area contributed by atoms with Gasteiger partial charge in [-0.25, -0.2) is 4.39 Å². The van der Waals surface area contributed by atoms with E-state index < -0.39 is 5.82 Å². The van der Waals surface area contributed by atoms with Gasteiger partial charge in [0.05, 0.1) is 41.9 Å². The molecule has 0 aliphatic carbocycles. The molecule has 1 saturated heterocycles. The lowest BCUT2D eigenvalue weighted by atomic mass is 9.97. The first kappa shape index (κ1) is 22.8. The van der Waals surface area contributed by atoms with Gasteiger partial charge in [0.1, 0.15) is 11.6 Å². The molecule has 5 rings (SSSR count). The first-order valence-electron chi connectivity index (χ1n) is 11.6. The summed E-state index contributed by atoms with van der Waals surface area (Å²) >= 11 is 0. The number of hydrogen-bond donors (Lipinski definition) is 0. The SMILES string of the molecule is COc1c(-c2ccc(N3C[C@@H](C)O[C@@H](C)C3)cc2)cnc2c(-c3ccc(C#N)cc3)ccc(F)c12. The number of benzene rings is 3. The van der Waals surface area contributed by atoms with Crippen LogP contribution in [0.25, 0.3) is 33.2 Å². The first-order valence-corrected chi connectivity index (χ1v) is 11.6. The number of halogens is 1. The quantitative estimate of drug-likeness (QED) is 0.358. The molecule has 35 heavy (non-hydrogen) atoms. The number of nitrogens with zero attached hydrogens (tertiary/aromatic N) is 3. The standard InChI is InChI=1S/C29H26FN3O2/c1-18-16-33(17-19(2)35-18)23-10-8-22(9-11-23)25-15-32-28-24(21-6-4-20(14-31)5-7-21)12-13-26(30)27(28)29(25)34-3/h4-13,15,18-19H,16-17H2,1-3H3/t18-,19+. The molecular weight excluding hydrogens is 441 g/mol. The second kappa shape index (κ2) is 9.36. The van der Waals surface area contributed by atoms with E-state index in [4.69, 9.17) is 14.7 Å². The molecule has 1 fully saturated rings. The average molecular weight is 468 g/mol. The molecule has 2 atom stereocenters. The van der Waals surface area contributed by atoms with Crippen LogP contribution in [0.1, 0.15) is 19.4 Å². The fraction of sp³-hybridized carbons (Fsp3) is 0.241. The fourth-order valence-corrected chi connectivity index (χ4v) is 4.85. The van der Waals surface area contributed by atoms with Crippen LogP contribution in [0.15, 0.2) is 66.9 Å². The highest BCUT2D eigenvalue weighted by Crippen LogP contribution is 2.40. The highest BCUT2D eigenvalue weighted by atomic mass is 19.1. The maximum Gasteiger partial charge on any atom is 0.140 e. The maximum absolute atomic E-state index is 15.1. The van der Waals surface area contributed by atoms with Crippen LogP contribution >= 0.6 is 0 Å². The van der Waals surface area contributed by atoms with Crippen LogP contribution in [0.4, 0.5) is 10.1 Å². The first-order chi connectivity index (χ1) is 17.0. The number of methoxy groups -OCH3 is 1. The van der Waals surface area contributed by atoms with Crippen LogP contribution < -0.4 is 9.64 Å². The van der Waals surface area contributed by atoms with Crippen molar-refractivity contribution in [3.8, 4) is 34.1 Å². The lowest BCUT2D eigenvalue weighted by Gasteiger charge is -2.36. The van der Waals surface area contributed by atoms with E-state index in [1.54, 1.807) is 31.5 Å². The van der Waals surface area contributed by atoms with E-state index in [-0.39, 0.29) is 12.2 Å². The Labute approximate surface area is 204 Å². The predicted octanol–water partition coefficient (Wildman–Crippen LogP) is 6.20. The van der Waals surface area contributed by atoms with Crippen molar-refractivity contribution in [2.75, 3.05) is 25.1 Å². The predicted molar refractivity (Wildman–Crippen MR) is 136 cm³/mol. The summed E-state index contributed by atoms with van der Waals surface area (Å²) in [4.78, 5) is 6.99. The van der Waals surface area contributed by atoms with Crippen LogP contribution in [0.2, 0.25) is 0 Å². The van der Waals surface area contributed by atoms with E-state index in [9.17, 15) is 0 Å². The highest BCUT2D eigenvalue weighted by molar-refractivity contribution is 6.00. The topological polar surface area (TPSA) is 58.4 Å². The number of ether oxygens (including phenoxy) is 2. The summed E-state index contributed by atoms with van der Waals surface area (Å²) in [5.74, 6) is 0.0564. The largest absolute Gasteiger partial charge is 0.495 e. The number of morpholine rings is 1. The third-order valence-electron chi connectivity index (χ3n) is 6.41. The van der Waals surface area contributed by atoms with Crippen molar-refractivity contribution in [1.82, 2.24) is 4.98 Å². The van der Waals surface area contributed by atoms with Crippen molar-refractivity contribution in [1.29, 1.82) is 5.26 Å². The van der Waals surface area contributed by atoms with Gasteiger partial charge in [-0.3, -0.25) is 4.98 Å². The van der Waals surface area contributed by atoms with Crippen LogP contribution in [0.3, 0.4) is 0 Å². The van der Waals surface area contributed by atoms with Gasteiger partial charge < -0.3 is 14.4 Å². The second-order valence-electron chi connectivity index (χ2n) is 8.92. The zero-order chi connectivity index (χ0) is 24.5. The Morgan fingerprint density at radius 3 is 2.20 bits per heavy atom. The lowest BCUT2D eigenvalue weighted by molar-refractivity contribution is -0.00521. The lowest BCUT2D eigenvalue weighted by Crippen LogP contribution is -2.45. The summed E-state index contributed by atoms with van der Waals surface area (Å²) in [6, 6.07) is 20.6. The minimum absolute atomic E-state index is 0.177. The monoisotopic (exact) mass is 467 g/mol. The minimum Gasteiger partial charge on any atom is -0.495 e. The van der Waals surface area contributed by atoms with E-state index >= 15 is 4.39 Å². The summed E-state index contributed by atoms with van der Waals surface area (Å²) in [6.45, 7) is 5.86. The van der Waals surface area contributed by atoms with Crippen LogP contribution in [-0.2, 0) is 4.74 Å². The summed E-state index contributed by atoms with van der Waals surface area (Å²) in [5.41, 5.74) is 5.47. The second-order valence-corrected chi connectivity index (χ2v) is 8.92. The molecule has 3 aromatic carbocycles. The Balaban J connectivity index is 1.56. The molecule has 0 amide bonds. The molecule has 0 radical (unpaired) electrons. The van der Waals surface area contributed by atoms with Gasteiger partial charge in [0.15, 0.2) is 0 Å². The van der Waals surface area contributed by atoms with E-state index in [2.05, 4.69) is 41.9 Å². The molecule has 1 aliphatic heterocycles.